The molecule has 1 unspecified atom stereocenters. The van der Waals surface area contributed by atoms with Crippen molar-refractivity contribution in [3.05, 3.63) is 84.1 Å². The zero-order chi connectivity index (χ0) is 22.1. The van der Waals surface area contributed by atoms with Crippen molar-refractivity contribution in [3.63, 3.8) is 0 Å². The van der Waals surface area contributed by atoms with Gasteiger partial charge < -0.3 is 13.9 Å². The summed E-state index contributed by atoms with van der Waals surface area (Å²) in [6.45, 7) is 1.00. The molecule has 2 heterocycles. The number of ether oxygens (including phenoxy) is 2. The van der Waals surface area contributed by atoms with Crippen LogP contribution in [0.4, 0.5) is 0 Å². The van der Waals surface area contributed by atoms with Gasteiger partial charge in [0.15, 0.2) is 11.5 Å². The van der Waals surface area contributed by atoms with E-state index in [0.717, 1.165) is 11.8 Å². The van der Waals surface area contributed by atoms with Gasteiger partial charge in [0.2, 0.25) is 10.0 Å². The second-order valence-corrected chi connectivity index (χ2v) is 9.65. The van der Waals surface area contributed by atoms with Crippen LogP contribution in [0.5, 0.6) is 11.5 Å². The van der Waals surface area contributed by atoms with Crippen LogP contribution in [-0.4, -0.2) is 21.6 Å². The van der Waals surface area contributed by atoms with Gasteiger partial charge in [-0.25, -0.2) is 8.42 Å². The average Bonchev–Trinajstić information content (AvgIpc) is 3.08. The maximum Gasteiger partial charge on any atom is 0.241 e. The molecule has 3 aromatic carbocycles. The summed E-state index contributed by atoms with van der Waals surface area (Å²) >= 11 is 4.55. The fraction of sp³-hybridized carbons (Fsp3) is 0.167. The number of para-hydroxylation sites is 1. The maximum absolute atomic E-state index is 13.4. The van der Waals surface area contributed by atoms with Crippen molar-refractivity contribution in [2.45, 2.75) is 22.3 Å². The molecule has 0 amide bonds. The third kappa shape index (κ3) is 4.09. The molecule has 4 aromatic rings. The highest BCUT2D eigenvalue weighted by atomic mass is 32.2. The third-order valence-electron chi connectivity index (χ3n) is 5.28. The number of hydrogen-bond donors (Lipinski definition) is 2. The van der Waals surface area contributed by atoms with Gasteiger partial charge in [0.25, 0.3) is 0 Å². The number of hydrogen-bond acceptors (Lipinski definition) is 6. The predicted molar refractivity (Wildman–Crippen MR) is 124 cm³/mol. The molecule has 0 bridgehead atoms. The van der Waals surface area contributed by atoms with Gasteiger partial charge in [0.05, 0.1) is 18.1 Å². The lowest BCUT2D eigenvalue weighted by Gasteiger charge is -2.19. The highest BCUT2D eigenvalue weighted by Crippen LogP contribution is 2.35. The van der Waals surface area contributed by atoms with Crippen LogP contribution >= 0.6 is 12.6 Å². The summed E-state index contributed by atoms with van der Waals surface area (Å²) < 4.78 is 46.9. The zero-order valence-corrected chi connectivity index (χ0v) is 18.7. The van der Waals surface area contributed by atoms with E-state index in [4.69, 9.17) is 13.9 Å². The number of sulfonamides is 1. The monoisotopic (exact) mass is 467 g/mol. The molecular weight excluding hydrogens is 446 g/mol. The number of fused-ring (bicyclic) bond motifs is 2. The first-order valence-electron chi connectivity index (χ1n) is 10.2. The number of furan rings is 1. The molecule has 0 spiro atoms. The van der Waals surface area contributed by atoms with Gasteiger partial charge in [-0.15, -0.1) is 12.6 Å². The first-order chi connectivity index (χ1) is 15.5. The van der Waals surface area contributed by atoms with E-state index >= 15 is 0 Å². The van der Waals surface area contributed by atoms with Crippen LogP contribution in [0.25, 0.3) is 11.0 Å². The Labute approximate surface area is 191 Å². The van der Waals surface area contributed by atoms with Gasteiger partial charge in [-0.3, -0.25) is 0 Å². The van der Waals surface area contributed by atoms with Gasteiger partial charge >= 0.3 is 0 Å². The summed E-state index contributed by atoms with van der Waals surface area (Å²) in [6.07, 6.45) is 0.738. The molecular formula is C24H21NO5S2. The lowest BCUT2D eigenvalue weighted by molar-refractivity contribution is 0.297. The summed E-state index contributed by atoms with van der Waals surface area (Å²) in [5.41, 5.74) is 1.37. The van der Waals surface area contributed by atoms with E-state index in [2.05, 4.69) is 17.4 Å². The Bertz CT molecular complexity index is 1350. The molecule has 1 N–H and O–H groups in total. The van der Waals surface area contributed by atoms with E-state index in [9.17, 15) is 8.42 Å². The minimum absolute atomic E-state index is 0.0829. The highest BCUT2D eigenvalue weighted by molar-refractivity contribution is 7.89. The lowest BCUT2D eigenvalue weighted by Crippen LogP contribution is -2.29. The Morgan fingerprint density at radius 1 is 0.875 bits per heavy atom. The normalized spacial score (nSPS) is 14.8. The molecule has 0 fully saturated rings. The molecule has 5 rings (SSSR count). The van der Waals surface area contributed by atoms with Crippen LogP contribution in [0.15, 0.2) is 87.0 Å². The van der Waals surface area contributed by atoms with Crippen molar-refractivity contribution in [1.29, 1.82) is 0 Å². The molecule has 6 nitrogen and oxygen atoms in total. The topological polar surface area (TPSA) is 77.8 Å². The second-order valence-electron chi connectivity index (χ2n) is 7.46. The maximum atomic E-state index is 13.4. The average molecular weight is 468 g/mol. The quantitative estimate of drug-likeness (QED) is 0.406. The Kier molecular flexibility index (Phi) is 5.58. The van der Waals surface area contributed by atoms with E-state index < -0.39 is 16.1 Å². The van der Waals surface area contributed by atoms with Crippen LogP contribution in [0.2, 0.25) is 0 Å². The summed E-state index contributed by atoms with van der Waals surface area (Å²) in [5.74, 6) is 1.43. The summed E-state index contributed by atoms with van der Waals surface area (Å²) in [5, 5.41) is 0.888. The minimum Gasteiger partial charge on any atom is -0.490 e. The molecule has 32 heavy (non-hydrogen) atoms. The number of benzene rings is 3. The highest BCUT2D eigenvalue weighted by Gasteiger charge is 2.28. The molecule has 0 aliphatic carbocycles. The summed E-state index contributed by atoms with van der Waals surface area (Å²) in [6, 6.07) is 20.6. The van der Waals surface area contributed by atoms with Crippen molar-refractivity contribution >= 4 is 33.6 Å². The predicted octanol–water partition coefficient (Wildman–Crippen LogP) is 4.95. The van der Waals surface area contributed by atoms with E-state index in [1.54, 1.807) is 6.07 Å². The van der Waals surface area contributed by atoms with Crippen LogP contribution in [0.1, 0.15) is 23.8 Å². The van der Waals surface area contributed by atoms with Crippen LogP contribution < -0.4 is 14.2 Å². The fourth-order valence-corrected chi connectivity index (χ4v) is 5.17. The van der Waals surface area contributed by atoms with Gasteiger partial charge in [-0.05, 0) is 35.9 Å². The van der Waals surface area contributed by atoms with Crippen molar-refractivity contribution in [3.8, 4) is 11.5 Å². The van der Waals surface area contributed by atoms with Crippen molar-refractivity contribution in [2.75, 3.05) is 13.2 Å². The number of rotatable bonds is 5. The Morgan fingerprint density at radius 3 is 2.44 bits per heavy atom. The SMILES string of the molecule is O=S(=O)(NC(c1cc2ccccc2o1)c1ccccc1S)c1ccc2c(c1)OCCCO2. The molecule has 1 atom stereocenters. The standard InChI is InChI=1S/C24H21NO5S2/c26-32(27,17-10-11-20-21(15-17)29-13-5-12-28-20)25-24(18-7-2-4-9-23(18)31)22-14-16-6-1-3-8-19(16)30-22/h1-4,6-11,14-15,24-25,31H,5,12-13H2. The fourth-order valence-electron chi connectivity index (χ4n) is 3.69. The van der Waals surface area contributed by atoms with E-state index in [-0.39, 0.29) is 4.90 Å². The Morgan fingerprint density at radius 2 is 1.62 bits per heavy atom. The van der Waals surface area contributed by atoms with E-state index in [1.165, 1.54) is 12.1 Å². The summed E-state index contributed by atoms with van der Waals surface area (Å²) in [4.78, 5) is 0.735. The Balaban J connectivity index is 1.56. The van der Waals surface area contributed by atoms with Crippen LogP contribution in [0, 0.1) is 0 Å². The number of nitrogens with one attached hydrogen (secondary N) is 1. The molecule has 8 heteroatoms. The second kappa shape index (κ2) is 8.54. The smallest absolute Gasteiger partial charge is 0.241 e. The van der Waals surface area contributed by atoms with E-state index in [1.807, 2.05) is 54.6 Å². The molecule has 0 saturated heterocycles. The molecule has 1 aliphatic rings. The molecule has 0 saturated carbocycles. The van der Waals surface area contributed by atoms with Gasteiger partial charge in [0.1, 0.15) is 17.4 Å². The molecule has 164 valence electrons. The Hall–Kier alpha value is -2.94. The molecule has 0 radical (unpaired) electrons. The van der Waals surface area contributed by atoms with Crippen molar-refractivity contribution < 1.29 is 22.3 Å². The minimum atomic E-state index is -3.93. The first-order valence-corrected chi connectivity index (χ1v) is 12.1. The van der Waals surface area contributed by atoms with Crippen molar-refractivity contribution in [2.24, 2.45) is 0 Å². The third-order valence-corrected chi connectivity index (χ3v) is 7.11. The van der Waals surface area contributed by atoms with Crippen LogP contribution in [-0.2, 0) is 10.0 Å². The zero-order valence-electron chi connectivity index (χ0n) is 17.0. The van der Waals surface area contributed by atoms with Crippen LogP contribution in [0.3, 0.4) is 0 Å². The van der Waals surface area contributed by atoms with Gasteiger partial charge in [-0.2, -0.15) is 4.72 Å². The largest absolute Gasteiger partial charge is 0.490 e. The van der Waals surface area contributed by atoms with E-state index in [0.29, 0.717) is 46.5 Å². The van der Waals surface area contributed by atoms with Gasteiger partial charge in [-0.1, -0.05) is 36.4 Å². The molecule has 1 aliphatic heterocycles. The van der Waals surface area contributed by atoms with Gasteiger partial charge in [0, 0.05) is 22.8 Å². The summed E-state index contributed by atoms with van der Waals surface area (Å²) in [7, 11) is -3.93. The van der Waals surface area contributed by atoms with Crippen molar-refractivity contribution in [1.82, 2.24) is 4.72 Å². The lowest BCUT2D eigenvalue weighted by atomic mass is 10.1. The molecule has 1 aromatic heterocycles. The first kappa shape index (κ1) is 20.9. The number of thiol groups is 1.